The number of fused-ring (bicyclic) bond motifs is 1. The predicted octanol–water partition coefficient (Wildman–Crippen LogP) is 7.13. The van der Waals surface area contributed by atoms with E-state index >= 15 is 0 Å². The van der Waals surface area contributed by atoms with Crippen LogP contribution in [0.15, 0.2) is 113 Å². The molecule has 42 heavy (non-hydrogen) atoms. The average molecular weight is 593 g/mol. The molecular weight excluding hydrogens is 565 g/mol. The number of anilines is 2. The number of amides is 3. The molecular formula is C33H28N4O3S2. The Morgan fingerprint density at radius 1 is 0.857 bits per heavy atom. The number of benzene rings is 4. The Hall–Kier alpha value is -4.73. The van der Waals surface area contributed by atoms with Crippen LogP contribution in [-0.2, 0) is 9.59 Å². The summed E-state index contributed by atoms with van der Waals surface area (Å²) in [4.78, 5) is 44.2. The van der Waals surface area contributed by atoms with E-state index in [2.05, 4.69) is 20.9 Å². The molecule has 0 bridgehead atoms. The van der Waals surface area contributed by atoms with Crippen LogP contribution in [-0.4, -0.2) is 28.0 Å². The van der Waals surface area contributed by atoms with Crippen LogP contribution in [0.25, 0.3) is 16.8 Å². The van der Waals surface area contributed by atoms with Gasteiger partial charge in [-0.2, -0.15) is 0 Å². The molecule has 5 aromatic rings. The van der Waals surface area contributed by atoms with Crippen LogP contribution in [0.4, 0.5) is 10.8 Å². The topological polar surface area (TPSA) is 100 Å². The number of thioether (sulfide) groups is 1. The second-order valence-corrected chi connectivity index (χ2v) is 11.7. The van der Waals surface area contributed by atoms with Gasteiger partial charge in [0, 0.05) is 21.5 Å². The molecule has 0 spiro atoms. The second kappa shape index (κ2) is 13.3. The highest BCUT2D eigenvalue weighted by Crippen LogP contribution is 2.27. The van der Waals surface area contributed by atoms with E-state index in [1.165, 1.54) is 23.1 Å². The minimum atomic E-state index is -0.459. The number of hydrogen-bond acceptors (Lipinski definition) is 6. The van der Waals surface area contributed by atoms with E-state index in [1.807, 2.05) is 79.9 Å². The van der Waals surface area contributed by atoms with Crippen LogP contribution in [0.5, 0.6) is 0 Å². The van der Waals surface area contributed by atoms with Gasteiger partial charge in [-0.15, -0.1) is 23.1 Å². The molecule has 0 saturated carbocycles. The minimum absolute atomic E-state index is 0.112. The highest BCUT2D eigenvalue weighted by molar-refractivity contribution is 8.00. The lowest BCUT2D eigenvalue weighted by atomic mass is 10.0. The first-order valence-electron chi connectivity index (χ1n) is 13.2. The number of nitrogens with zero attached hydrogens (tertiary/aromatic N) is 1. The summed E-state index contributed by atoms with van der Waals surface area (Å²) in [6.45, 7) is 3.71. The first kappa shape index (κ1) is 28.8. The number of aryl methyl sites for hydroxylation is 1. The number of carbonyl (C=O) groups excluding carboxylic acids is 3. The van der Waals surface area contributed by atoms with Gasteiger partial charge in [0.25, 0.3) is 11.8 Å². The van der Waals surface area contributed by atoms with E-state index in [9.17, 15) is 14.4 Å². The molecule has 0 aliphatic carbocycles. The van der Waals surface area contributed by atoms with Crippen molar-refractivity contribution in [3.8, 4) is 0 Å². The maximum absolute atomic E-state index is 13.5. The summed E-state index contributed by atoms with van der Waals surface area (Å²) < 4.78 is 0. The summed E-state index contributed by atoms with van der Waals surface area (Å²) in [5.74, 6) is -0.979. The summed E-state index contributed by atoms with van der Waals surface area (Å²) >= 11 is 2.80. The highest BCUT2D eigenvalue weighted by Gasteiger charge is 2.18. The summed E-state index contributed by atoms with van der Waals surface area (Å²) in [6, 6.07) is 29.7. The van der Waals surface area contributed by atoms with E-state index in [0.29, 0.717) is 16.4 Å². The van der Waals surface area contributed by atoms with Gasteiger partial charge in [-0.1, -0.05) is 60.7 Å². The average Bonchev–Trinajstić information content (AvgIpc) is 3.42. The van der Waals surface area contributed by atoms with Crippen molar-refractivity contribution in [3.05, 3.63) is 125 Å². The Balaban J connectivity index is 1.31. The van der Waals surface area contributed by atoms with Gasteiger partial charge in [0.1, 0.15) is 5.70 Å². The number of carbonyl (C=O) groups is 3. The number of rotatable bonds is 9. The third-order valence-electron chi connectivity index (χ3n) is 6.30. The van der Waals surface area contributed by atoms with Gasteiger partial charge >= 0.3 is 0 Å². The largest absolute Gasteiger partial charge is 0.321 e. The summed E-state index contributed by atoms with van der Waals surface area (Å²) in [6.07, 6.45) is 1.69. The Kier molecular flexibility index (Phi) is 9.11. The van der Waals surface area contributed by atoms with E-state index in [-0.39, 0.29) is 22.8 Å². The maximum Gasteiger partial charge on any atom is 0.272 e. The lowest BCUT2D eigenvalue weighted by molar-refractivity contribution is -0.115. The van der Waals surface area contributed by atoms with Crippen molar-refractivity contribution in [2.75, 3.05) is 10.6 Å². The fraction of sp³-hybridized carbons (Fsp3) is 0.0909. The standard InChI is InChI=1S/C33H28N4O3S2/c1-21-20-41-33(34-21)37-30(38)22(2)42-27-17-15-26(16-18-27)35-32(40)29(36-31(39)24-10-4-3-5-11-24)19-25-13-8-12-23-9-6-7-14-28(23)25/h3-20,22H,1-2H3,(H,35,40)(H,36,39)(H,34,37,38)/b29-19-. The van der Waals surface area contributed by atoms with Crippen LogP contribution in [0.2, 0.25) is 0 Å². The first-order valence-corrected chi connectivity index (χ1v) is 15.0. The fourth-order valence-corrected chi connectivity index (χ4v) is 5.72. The van der Waals surface area contributed by atoms with Gasteiger partial charge in [0.15, 0.2) is 5.13 Å². The molecule has 9 heteroatoms. The summed E-state index contributed by atoms with van der Waals surface area (Å²) in [7, 11) is 0. The molecule has 3 amide bonds. The fourth-order valence-electron chi connectivity index (χ4n) is 4.17. The molecule has 1 aromatic heterocycles. The molecule has 1 unspecified atom stereocenters. The SMILES string of the molecule is Cc1csc(NC(=O)C(C)Sc2ccc(NC(=O)/C(=C/c3cccc4ccccc34)NC(=O)c3ccccc3)cc2)n1. The lowest BCUT2D eigenvalue weighted by Crippen LogP contribution is -2.30. The number of nitrogens with one attached hydrogen (secondary N) is 3. The first-order chi connectivity index (χ1) is 20.4. The minimum Gasteiger partial charge on any atom is -0.321 e. The number of hydrogen-bond donors (Lipinski definition) is 3. The Morgan fingerprint density at radius 2 is 1.57 bits per heavy atom. The zero-order valence-electron chi connectivity index (χ0n) is 23.0. The maximum atomic E-state index is 13.5. The molecule has 4 aromatic carbocycles. The van der Waals surface area contributed by atoms with Crippen LogP contribution in [0, 0.1) is 6.92 Å². The molecule has 0 aliphatic heterocycles. The van der Waals surface area contributed by atoms with Crippen molar-refractivity contribution in [2.24, 2.45) is 0 Å². The Labute approximate surface area is 252 Å². The quantitative estimate of drug-likeness (QED) is 0.125. The molecule has 1 heterocycles. The molecule has 0 saturated heterocycles. The number of aromatic nitrogens is 1. The van der Waals surface area contributed by atoms with Gasteiger partial charge in [0.05, 0.1) is 10.9 Å². The van der Waals surface area contributed by atoms with Gasteiger partial charge in [-0.25, -0.2) is 4.98 Å². The van der Waals surface area contributed by atoms with Crippen molar-refractivity contribution < 1.29 is 14.4 Å². The molecule has 1 atom stereocenters. The normalized spacial score (nSPS) is 12.0. The monoisotopic (exact) mass is 592 g/mol. The second-order valence-electron chi connectivity index (χ2n) is 9.47. The van der Waals surface area contributed by atoms with Crippen LogP contribution in [0.3, 0.4) is 0 Å². The predicted molar refractivity (Wildman–Crippen MR) is 172 cm³/mol. The van der Waals surface area contributed by atoms with Crippen molar-refractivity contribution in [3.63, 3.8) is 0 Å². The smallest absolute Gasteiger partial charge is 0.272 e. The van der Waals surface area contributed by atoms with Crippen molar-refractivity contribution in [1.82, 2.24) is 10.3 Å². The van der Waals surface area contributed by atoms with Crippen molar-refractivity contribution in [1.29, 1.82) is 0 Å². The zero-order valence-corrected chi connectivity index (χ0v) is 24.6. The lowest BCUT2D eigenvalue weighted by Gasteiger charge is -2.13. The zero-order chi connectivity index (χ0) is 29.5. The van der Waals surface area contributed by atoms with Crippen molar-refractivity contribution >= 4 is 68.5 Å². The highest BCUT2D eigenvalue weighted by atomic mass is 32.2. The van der Waals surface area contributed by atoms with Gasteiger partial charge in [-0.3, -0.25) is 14.4 Å². The Morgan fingerprint density at radius 3 is 2.31 bits per heavy atom. The number of thiazole rings is 1. The van der Waals surface area contributed by atoms with E-state index in [4.69, 9.17) is 0 Å². The van der Waals surface area contributed by atoms with Gasteiger partial charge in [0.2, 0.25) is 5.91 Å². The third kappa shape index (κ3) is 7.31. The van der Waals surface area contributed by atoms with E-state index in [1.54, 1.807) is 42.5 Å². The molecule has 3 N–H and O–H groups in total. The van der Waals surface area contributed by atoms with E-state index in [0.717, 1.165) is 26.9 Å². The van der Waals surface area contributed by atoms with Gasteiger partial charge < -0.3 is 16.0 Å². The van der Waals surface area contributed by atoms with Gasteiger partial charge in [-0.05, 0) is 72.7 Å². The molecule has 210 valence electrons. The van der Waals surface area contributed by atoms with Crippen LogP contribution in [0.1, 0.15) is 28.5 Å². The molecule has 0 aliphatic rings. The summed E-state index contributed by atoms with van der Waals surface area (Å²) in [5, 5.41) is 12.6. The third-order valence-corrected chi connectivity index (χ3v) is 8.28. The van der Waals surface area contributed by atoms with Crippen molar-refractivity contribution in [2.45, 2.75) is 24.0 Å². The molecule has 0 radical (unpaired) electrons. The molecule has 5 rings (SSSR count). The van der Waals surface area contributed by atoms with Crippen LogP contribution >= 0.6 is 23.1 Å². The van der Waals surface area contributed by atoms with E-state index < -0.39 is 5.91 Å². The molecule has 7 nitrogen and oxygen atoms in total. The summed E-state index contributed by atoms with van der Waals surface area (Å²) in [5.41, 5.74) is 2.78. The van der Waals surface area contributed by atoms with Crippen LogP contribution < -0.4 is 16.0 Å². The Bertz CT molecular complexity index is 1760. The molecule has 0 fully saturated rings.